The van der Waals surface area contributed by atoms with Crippen molar-refractivity contribution in [2.75, 3.05) is 38.2 Å². The highest BCUT2D eigenvalue weighted by Gasteiger charge is 2.36. The van der Waals surface area contributed by atoms with E-state index in [4.69, 9.17) is 4.84 Å². The number of aromatic nitrogens is 3. The van der Waals surface area contributed by atoms with Crippen molar-refractivity contribution in [3.8, 4) is 5.88 Å². The molecular formula is C20H22F6N6O3. The molecule has 0 spiro atoms. The minimum Gasteiger partial charge on any atom is -0.481 e. The summed E-state index contributed by atoms with van der Waals surface area (Å²) in [6.45, 7) is 2.56. The van der Waals surface area contributed by atoms with E-state index in [2.05, 4.69) is 25.2 Å². The van der Waals surface area contributed by atoms with Gasteiger partial charge in [0, 0.05) is 50.3 Å². The van der Waals surface area contributed by atoms with Crippen LogP contribution in [0.2, 0.25) is 0 Å². The number of hydroxylamine groups is 1. The molecule has 0 aliphatic carbocycles. The van der Waals surface area contributed by atoms with Crippen LogP contribution in [-0.2, 0) is 17.2 Å². The van der Waals surface area contributed by atoms with Crippen molar-refractivity contribution in [3.05, 3.63) is 41.3 Å². The number of piperazine rings is 1. The van der Waals surface area contributed by atoms with E-state index in [0.717, 1.165) is 13.2 Å². The molecule has 0 bridgehead atoms. The number of amides is 2. The molecule has 3 heterocycles. The van der Waals surface area contributed by atoms with Crippen LogP contribution < -0.4 is 15.1 Å². The van der Waals surface area contributed by atoms with Gasteiger partial charge < -0.3 is 14.5 Å². The fourth-order valence-electron chi connectivity index (χ4n) is 3.32. The normalized spacial score (nSPS) is 15.7. The second-order valence-electron chi connectivity index (χ2n) is 7.49. The molecule has 1 saturated heterocycles. The average Bonchev–Trinajstić information content (AvgIpc) is 2.83. The molecule has 35 heavy (non-hydrogen) atoms. The van der Waals surface area contributed by atoms with E-state index < -0.39 is 41.5 Å². The van der Waals surface area contributed by atoms with E-state index in [1.54, 1.807) is 11.8 Å². The maximum absolute atomic E-state index is 13.3. The molecule has 0 radical (unpaired) electrons. The number of urea groups is 1. The predicted octanol–water partition coefficient (Wildman–Crippen LogP) is 3.83. The van der Waals surface area contributed by atoms with Crippen LogP contribution in [0.5, 0.6) is 5.88 Å². The molecule has 192 valence electrons. The Morgan fingerprint density at radius 3 is 2.17 bits per heavy atom. The van der Waals surface area contributed by atoms with E-state index in [0.29, 0.717) is 12.4 Å². The molecule has 0 saturated carbocycles. The highest BCUT2D eigenvalue weighted by molar-refractivity contribution is 5.73. The van der Waals surface area contributed by atoms with Crippen LogP contribution in [0, 0.1) is 0 Å². The molecule has 1 atom stereocenters. The number of ether oxygens (including phenoxy) is 1. The van der Waals surface area contributed by atoms with Crippen molar-refractivity contribution in [3.63, 3.8) is 0 Å². The van der Waals surface area contributed by atoms with Gasteiger partial charge in [-0.2, -0.15) is 26.3 Å². The first-order valence-electron chi connectivity index (χ1n) is 10.4. The lowest BCUT2D eigenvalue weighted by atomic mass is 10.1. The monoisotopic (exact) mass is 508 g/mol. The summed E-state index contributed by atoms with van der Waals surface area (Å²) in [6.07, 6.45) is -7.33. The molecule has 1 unspecified atom stereocenters. The van der Waals surface area contributed by atoms with Gasteiger partial charge in [0.1, 0.15) is 11.7 Å². The van der Waals surface area contributed by atoms with Crippen molar-refractivity contribution < 1.29 is 40.7 Å². The lowest BCUT2D eigenvalue weighted by Crippen LogP contribution is -2.52. The molecule has 0 aromatic carbocycles. The number of halogens is 6. The second kappa shape index (κ2) is 10.5. The van der Waals surface area contributed by atoms with Gasteiger partial charge in [0.05, 0.1) is 12.7 Å². The Morgan fingerprint density at radius 2 is 1.66 bits per heavy atom. The fourth-order valence-corrected chi connectivity index (χ4v) is 3.32. The van der Waals surface area contributed by atoms with Gasteiger partial charge in [0.15, 0.2) is 0 Å². The SMILES string of the molecule is CCC(ONC(=O)N1CCN(c2ncc(C(F)(F)F)cn2)CC1)c1cnc(OC)c(C(F)(F)F)c1. The first-order chi connectivity index (χ1) is 16.4. The first-order valence-corrected chi connectivity index (χ1v) is 10.4. The number of pyridine rings is 1. The average molecular weight is 508 g/mol. The standard InChI is InChI=1S/C20H22F6N6O3/c1-3-15(12-8-14(20(24,25)26)16(34-2)27-9-12)35-30-18(33)32-6-4-31(5-7-32)17-28-10-13(11-29-17)19(21,22)23/h8-11,15H,3-7H2,1-2H3,(H,30,33). The number of methoxy groups -OCH3 is 1. The number of nitrogens with zero attached hydrogens (tertiary/aromatic N) is 5. The third-order valence-electron chi connectivity index (χ3n) is 5.22. The zero-order valence-electron chi connectivity index (χ0n) is 18.7. The summed E-state index contributed by atoms with van der Waals surface area (Å²) in [5.41, 5.74) is 0.317. The number of alkyl halides is 6. The third-order valence-corrected chi connectivity index (χ3v) is 5.22. The van der Waals surface area contributed by atoms with Crippen LogP contribution in [0.4, 0.5) is 37.1 Å². The highest BCUT2D eigenvalue weighted by atomic mass is 19.4. The Balaban J connectivity index is 1.56. The summed E-state index contributed by atoms with van der Waals surface area (Å²) in [4.78, 5) is 32.0. The number of hydrogen-bond donors (Lipinski definition) is 1. The van der Waals surface area contributed by atoms with Gasteiger partial charge in [-0.3, -0.25) is 4.84 Å². The van der Waals surface area contributed by atoms with E-state index in [1.807, 2.05) is 0 Å². The van der Waals surface area contributed by atoms with Crippen LogP contribution >= 0.6 is 0 Å². The molecule has 9 nitrogen and oxygen atoms in total. The summed E-state index contributed by atoms with van der Waals surface area (Å²) in [6, 6.07) is 0.239. The van der Waals surface area contributed by atoms with Crippen LogP contribution in [0.3, 0.4) is 0 Å². The number of anilines is 1. The van der Waals surface area contributed by atoms with E-state index in [1.165, 1.54) is 11.1 Å². The number of rotatable bonds is 6. The minimum absolute atomic E-state index is 0.102. The second-order valence-corrected chi connectivity index (χ2v) is 7.49. The zero-order valence-corrected chi connectivity index (χ0v) is 18.7. The Hall–Kier alpha value is -3.36. The van der Waals surface area contributed by atoms with Crippen molar-refractivity contribution in [1.82, 2.24) is 25.3 Å². The van der Waals surface area contributed by atoms with Crippen molar-refractivity contribution in [1.29, 1.82) is 0 Å². The quantitative estimate of drug-likeness (QED) is 0.468. The molecule has 3 rings (SSSR count). The Labute approximate surface area is 196 Å². The smallest absolute Gasteiger partial charge is 0.421 e. The third kappa shape index (κ3) is 6.41. The minimum atomic E-state index is -4.69. The molecule has 1 N–H and O–H groups in total. The summed E-state index contributed by atoms with van der Waals surface area (Å²) >= 11 is 0. The van der Waals surface area contributed by atoms with Gasteiger partial charge in [-0.05, 0) is 12.5 Å². The maximum Gasteiger partial charge on any atom is 0.421 e. The highest BCUT2D eigenvalue weighted by Crippen LogP contribution is 2.37. The topological polar surface area (TPSA) is 92.7 Å². The number of carbonyl (C=O) groups is 1. The van der Waals surface area contributed by atoms with E-state index >= 15 is 0 Å². The van der Waals surface area contributed by atoms with Gasteiger partial charge in [-0.1, -0.05) is 6.92 Å². The number of carbonyl (C=O) groups excluding carboxylic acids is 1. The van der Waals surface area contributed by atoms with Gasteiger partial charge in [-0.25, -0.2) is 25.2 Å². The zero-order chi connectivity index (χ0) is 25.8. The Bertz CT molecular complexity index is 1010. The molecule has 1 fully saturated rings. The van der Waals surface area contributed by atoms with Crippen LogP contribution in [0.15, 0.2) is 24.7 Å². The van der Waals surface area contributed by atoms with Gasteiger partial charge >= 0.3 is 18.4 Å². The van der Waals surface area contributed by atoms with Gasteiger partial charge in [0.2, 0.25) is 11.8 Å². The summed E-state index contributed by atoms with van der Waals surface area (Å²) in [5, 5.41) is 0. The number of nitrogens with one attached hydrogen (secondary N) is 1. The first kappa shape index (κ1) is 26.2. The lowest BCUT2D eigenvalue weighted by Gasteiger charge is -2.34. The van der Waals surface area contributed by atoms with Crippen LogP contribution in [-0.4, -0.2) is 59.2 Å². The van der Waals surface area contributed by atoms with Crippen molar-refractivity contribution >= 4 is 12.0 Å². The predicted molar refractivity (Wildman–Crippen MR) is 109 cm³/mol. The van der Waals surface area contributed by atoms with E-state index in [9.17, 15) is 31.1 Å². The Morgan fingerprint density at radius 1 is 1.03 bits per heavy atom. The van der Waals surface area contributed by atoms with Crippen LogP contribution in [0.1, 0.15) is 36.1 Å². The van der Waals surface area contributed by atoms with Crippen LogP contribution in [0.25, 0.3) is 0 Å². The molecule has 15 heteroatoms. The Kier molecular flexibility index (Phi) is 7.87. The van der Waals surface area contributed by atoms with Gasteiger partial charge in [-0.15, -0.1) is 0 Å². The molecule has 2 aromatic rings. The molecule has 1 aliphatic rings. The molecule has 2 amide bonds. The summed E-state index contributed by atoms with van der Waals surface area (Å²) in [7, 11) is 1.08. The largest absolute Gasteiger partial charge is 0.481 e. The molecule has 1 aliphatic heterocycles. The lowest BCUT2D eigenvalue weighted by molar-refractivity contribution is -0.139. The summed E-state index contributed by atoms with van der Waals surface area (Å²) in [5.74, 6) is -0.470. The molecule has 2 aromatic heterocycles. The van der Waals surface area contributed by atoms with Gasteiger partial charge in [0.25, 0.3) is 0 Å². The van der Waals surface area contributed by atoms with Crippen molar-refractivity contribution in [2.45, 2.75) is 31.8 Å². The van der Waals surface area contributed by atoms with Crippen molar-refractivity contribution in [2.24, 2.45) is 0 Å². The fraction of sp³-hybridized carbons (Fsp3) is 0.500. The number of hydrogen-bond acceptors (Lipinski definition) is 7. The molecular weight excluding hydrogens is 486 g/mol. The maximum atomic E-state index is 13.3. The van der Waals surface area contributed by atoms with E-state index in [-0.39, 0.29) is 44.1 Å². The summed E-state index contributed by atoms with van der Waals surface area (Å²) < 4.78 is 82.4.